The number of nitrogens with one attached hydrogen (secondary N) is 1. The van der Waals surface area contributed by atoms with E-state index in [1.165, 1.54) is 5.56 Å². The molecule has 0 radical (unpaired) electrons. The summed E-state index contributed by atoms with van der Waals surface area (Å²) in [5.74, 6) is 0.699. The highest BCUT2D eigenvalue weighted by Crippen LogP contribution is 2.17. The van der Waals surface area contributed by atoms with Crippen molar-refractivity contribution in [1.82, 2.24) is 9.88 Å². The normalized spacial score (nSPS) is 15.4. The van der Waals surface area contributed by atoms with Crippen LogP contribution in [0.2, 0.25) is 0 Å². The monoisotopic (exact) mass is 324 g/mol. The summed E-state index contributed by atoms with van der Waals surface area (Å²) in [4.78, 5) is 21.6. The molecule has 0 unspecified atom stereocenters. The molecule has 1 aromatic heterocycles. The molecule has 5 heteroatoms. The van der Waals surface area contributed by atoms with Crippen molar-refractivity contribution in [3.05, 3.63) is 53.2 Å². The van der Waals surface area contributed by atoms with E-state index >= 15 is 0 Å². The fourth-order valence-electron chi connectivity index (χ4n) is 2.78. The largest absolute Gasteiger partial charge is 0.354 e. The fraction of sp³-hybridized carbons (Fsp3) is 0.368. The third-order valence-corrected chi connectivity index (χ3v) is 4.56. The number of pyridine rings is 1. The summed E-state index contributed by atoms with van der Waals surface area (Å²) in [6, 6.07) is 11.5. The molecule has 0 bridgehead atoms. The first-order valence-corrected chi connectivity index (χ1v) is 8.32. The van der Waals surface area contributed by atoms with E-state index in [1.54, 1.807) is 6.07 Å². The summed E-state index contributed by atoms with van der Waals surface area (Å²) in [6.45, 7) is 8.00. The van der Waals surface area contributed by atoms with E-state index in [4.69, 9.17) is 0 Å². The number of rotatable bonds is 3. The van der Waals surface area contributed by atoms with Gasteiger partial charge in [-0.1, -0.05) is 12.1 Å². The zero-order valence-electron chi connectivity index (χ0n) is 14.5. The molecule has 5 nitrogen and oxygen atoms in total. The van der Waals surface area contributed by atoms with Crippen LogP contribution in [0.3, 0.4) is 0 Å². The standard InChI is InChI=1S/C19H24N4O/c1-14-7-8-16(13-15(14)2)20-19(24)17-5-4-6-18(21-17)23-11-9-22(3)10-12-23/h4-8,13H,9-12H2,1-3H3,(H,20,24). The summed E-state index contributed by atoms with van der Waals surface area (Å²) in [7, 11) is 2.12. The number of aromatic nitrogens is 1. The van der Waals surface area contributed by atoms with E-state index in [0.717, 1.165) is 43.2 Å². The van der Waals surface area contributed by atoms with Gasteiger partial charge < -0.3 is 15.1 Å². The Morgan fingerprint density at radius 2 is 1.79 bits per heavy atom. The lowest BCUT2D eigenvalue weighted by atomic mass is 10.1. The maximum atomic E-state index is 12.5. The predicted molar refractivity (Wildman–Crippen MR) is 97.8 cm³/mol. The molecular weight excluding hydrogens is 300 g/mol. The molecule has 1 fully saturated rings. The van der Waals surface area contributed by atoms with E-state index in [0.29, 0.717) is 5.69 Å². The topological polar surface area (TPSA) is 48.5 Å². The second-order valence-electron chi connectivity index (χ2n) is 6.42. The number of carbonyl (C=O) groups is 1. The summed E-state index contributed by atoms with van der Waals surface area (Å²) >= 11 is 0. The van der Waals surface area contributed by atoms with Crippen molar-refractivity contribution >= 4 is 17.4 Å². The number of hydrogen-bond donors (Lipinski definition) is 1. The predicted octanol–water partition coefficient (Wildman–Crippen LogP) is 2.70. The summed E-state index contributed by atoms with van der Waals surface area (Å²) < 4.78 is 0. The van der Waals surface area contributed by atoms with Crippen LogP contribution in [-0.4, -0.2) is 49.0 Å². The first kappa shape index (κ1) is 16.5. The maximum Gasteiger partial charge on any atom is 0.274 e. The first-order chi connectivity index (χ1) is 11.5. The SMILES string of the molecule is Cc1ccc(NC(=O)c2cccc(N3CCN(C)CC3)n2)cc1C. The van der Waals surface area contributed by atoms with Crippen LogP contribution in [0.25, 0.3) is 0 Å². The first-order valence-electron chi connectivity index (χ1n) is 8.32. The molecule has 2 aromatic rings. The molecule has 1 aromatic carbocycles. The van der Waals surface area contributed by atoms with E-state index in [2.05, 4.69) is 34.1 Å². The highest BCUT2D eigenvalue weighted by atomic mass is 16.1. The molecule has 0 atom stereocenters. The summed E-state index contributed by atoms with van der Waals surface area (Å²) in [5, 5.41) is 2.94. The van der Waals surface area contributed by atoms with Gasteiger partial charge in [0.2, 0.25) is 0 Å². The number of amides is 1. The lowest BCUT2D eigenvalue weighted by molar-refractivity contribution is 0.102. The highest BCUT2D eigenvalue weighted by Gasteiger charge is 2.17. The number of anilines is 2. The molecule has 0 spiro atoms. The van der Waals surface area contributed by atoms with Crippen LogP contribution >= 0.6 is 0 Å². The van der Waals surface area contributed by atoms with Crippen molar-refractivity contribution in [2.45, 2.75) is 13.8 Å². The van der Waals surface area contributed by atoms with E-state index < -0.39 is 0 Å². The van der Waals surface area contributed by atoms with Crippen molar-refractivity contribution in [1.29, 1.82) is 0 Å². The Morgan fingerprint density at radius 3 is 2.50 bits per heavy atom. The number of benzene rings is 1. The molecule has 1 N–H and O–H groups in total. The number of nitrogens with zero attached hydrogens (tertiary/aromatic N) is 3. The van der Waals surface area contributed by atoms with Crippen molar-refractivity contribution in [3.8, 4) is 0 Å². The zero-order chi connectivity index (χ0) is 17.1. The Balaban J connectivity index is 1.73. The van der Waals surface area contributed by atoms with Crippen LogP contribution < -0.4 is 10.2 Å². The minimum Gasteiger partial charge on any atom is -0.354 e. The van der Waals surface area contributed by atoms with Crippen molar-refractivity contribution < 1.29 is 4.79 Å². The van der Waals surface area contributed by atoms with Gasteiger partial charge in [-0.05, 0) is 56.3 Å². The van der Waals surface area contributed by atoms with Gasteiger partial charge in [0.05, 0.1) is 0 Å². The summed E-state index contributed by atoms with van der Waals surface area (Å²) in [6.07, 6.45) is 0. The van der Waals surface area contributed by atoms with Gasteiger partial charge in [0.25, 0.3) is 5.91 Å². The molecule has 126 valence electrons. The van der Waals surface area contributed by atoms with Gasteiger partial charge in [-0.2, -0.15) is 0 Å². The van der Waals surface area contributed by atoms with Crippen LogP contribution in [0.15, 0.2) is 36.4 Å². The van der Waals surface area contributed by atoms with Crippen molar-refractivity contribution in [3.63, 3.8) is 0 Å². The van der Waals surface area contributed by atoms with Gasteiger partial charge in [-0.15, -0.1) is 0 Å². The molecule has 0 aliphatic carbocycles. The van der Waals surface area contributed by atoms with Crippen LogP contribution in [0.5, 0.6) is 0 Å². The third-order valence-electron chi connectivity index (χ3n) is 4.56. The number of hydrogen-bond acceptors (Lipinski definition) is 4. The second kappa shape index (κ2) is 7.01. The van der Waals surface area contributed by atoms with E-state index in [1.807, 2.05) is 37.3 Å². The Morgan fingerprint density at radius 1 is 1.04 bits per heavy atom. The Bertz CT molecular complexity index is 736. The highest BCUT2D eigenvalue weighted by molar-refractivity contribution is 6.03. The molecular formula is C19H24N4O. The van der Waals surface area contributed by atoms with E-state index in [9.17, 15) is 4.79 Å². The quantitative estimate of drug-likeness (QED) is 0.943. The van der Waals surface area contributed by atoms with Gasteiger partial charge in [-0.25, -0.2) is 4.98 Å². The van der Waals surface area contributed by atoms with Crippen molar-refractivity contribution in [2.24, 2.45) is 0 Å². The molecule has 1 aliphatic rings. The minimum atomic E-state index is -0.172. The third kappa shape index (κ3) is 3.74. The molecule has 3 rings (SSSR count). The Hall–Kier alpha value is -2.40. The summed E-state index contributed by atoms with van der Waals surface area (Å²) in [5.41, 5.74) is 3.62. The fourth-order valence-corrected chi connectivity index (χ4v) is 2.78. The van der Waals surface area contributed by atoms with Gasteiger partial charge in [0.15, 0.2) is 0 Å². The number of aryl methyl sites for hydroxylation is 2. The minimum absolute atomic E-state index is 0.172. The molecule has 1 amide bonds. The van der Waals surface area contributed by atoms with Crippen LogP contribution in [0, 0.1) is 13.8 Å². The van der Waals surface area contributed by atoms with Crippen LogP contribution in [0.4, 0.5) is 11.5 Å². The Kier molecular flexibility index (Phi) is 4.81. The molecule has 1 saturated heterocycles. The maximum absolute atomic E-state index is 12.5. The van der Waals surface area contributed by atoms with E-state index in [-0.39, 0.29) is 5.91 Å². The van der Waals surface area contributed by atoms with Crippen LogP contribution in [0.1, 0.15) is 21.6 Å². The number of carbonyl (C=O) groups excluding carboxylic acids is 1. The van der Waals surface area contributed by atoms with Crippen LogP contribution in [-0.2, 0) is 0 Å². The molecule has 2 heterocycles. The number of piperazine rings is 1. The van der Waals surface area contributed by atoms with Gasteiger partial charge in [0.1, 0.15) is 11.5 Å². The zero-order valence-corrected chi connectivity index (χ0v) is 14.5. The average molecular weight is 324 g/mol. The number of likely N-dealkylation sites (N-methyl/N-ethyl adjacent to an activating group) is 1. The van der Waals surface area contributed by atoms with Crippen molar-refractivity contribution in [2.75, 3.05) is 43.4 Å². The lowest BCUT2D eigenvalue weighted by Gasteiger charge is -2.33. The average Bonchev–Trinajstić information content (AvgIpc) is 2.59. The second-order valence-corrected chi connectivity index (χ2v) is 6.42. The van der Waals surface area contributed by atoms with Gasteiger partial charge >= 0.3 is 0 Å². The Labute approximate surface area is 143 Å². The van der Waals surface area contributed by atoms with Gasteiger partial charge in [-0.3, -0.25) is 4.79 Å². The lowest BCUT2D eigenvalue weighted by Crippen LogP contribution is -2.44. The molecule has 24 heavy (non-hydrogen) atoms. The molecule has 0 saturated carbocycles. The smallest absolute Gasteiger partial charge is 0.274 e. The molecule has 1 aliphatic heterocycles. The van der Waals surface area contributed by atoms with Gasteiger partial charge in [0, 0.05) is 31.9 Å².